The summed E-state index contributed by atoms with van der Waals surface area (Å²) in [7, 11) is -3.03. The van der Waals surface area contributed by atoms with Gasteiger partial charge in [0.1, 0.15) is 16.8 Å². The van der Waals surface area contributed by atoms with Crippen molar-refractivity contribution in [3.8, 4) is 5.95 Å². The number of nitrogens with zero attached hydrogens (tertiary/aromatic N) is 4. The lowest BCUT2D eigenvalue weighted by atomic mass is 9.91. The summed E-state index contributed by atoms with van der Waals surface area (Å²) in [4.78, 5) is 5.89. The van der Waals surface area contributed by atoms with E-state index < -0.39 is 10.1 Å². The highest BCUT2D eigenvalue weighted by atomic mass is 32.2. The predicted molar refractivity (Wildman–Crippen MR) is 92.3 cm³/mol. The highest BCUT2D eigenvalue weighted by Crippen LogP contribution is 2.43. The van der Waals surface area contributed by atoms with E-state index in [2.05, 4.69) is 20.1 Å². The molecule has 0 saturated carbocycles. The molecule has 1 aromatic heterocycles. The van der Waals surface area contributed by atoms with E-state index in [9.17, 15) is 13.0 Å². The Morgan fingerprint density at radius 2 is 2.04 bits per heavy atom. The van der Waals surface area contributed by atoms with E-state index in [1.165, 1.54) is 13.3 Å². The Labute approximate surface area is 150 Å². The summed E-state index contributed by atoms with van der Waals surface area (Å²) in [5, 5.41) is 7.87. The van der Waals surface area contributed by atoms with Crippen molar-refractivity contribution >= 4 is 27.5 Å². The molecule has 0 radical (unpaired) electrons. The number of azo groups is 1. The Balaban J connectivity index is 1.86. The molecule has 0 saturated heterocycles. The van der Waals surface area contributed by atoms with Crippen molar-refractivity contribution in [2.45, 2.75) is 30.6 Å². The first-order valence-corrected chi connectivity index (χ1v) is 9.74. The third-order valence-electron chi connectivity index (χ3n) is 4.63. The second kappa shape index (κ2) is 6.36. The van der Waals surface area contributed by atoms with Crippen LogP contribution >= 0.6 is 0 Å². The zero-order valence-electron chi connectivity index (χ0n) is 14.2. The lowest BCUT2D eigenvalue weighted by molar-refractivity contribution is 0.308. The summed E-state index contributed by atoms with van der Waals surface area (Å²) >= 11 is 0. The standard InChI is InChI=1S/C16H18N4O5S/c1-24-13-9-17-16(25-13)19-18-12-8-10-4-2-6-20-7-3-5-11(14(10)20)15(12)26(21,22)23/h8-9H,2-7H2,1H3,(H,21,22,23). The minimum Gasteiger partial charge on any atom is -0.467 e. The summed E-state index contributed by atoms with van der Waals surface area (Å²) in [6, 6.07) is 1.62. The number of rotatable bonds is 4. The Kier molecular flexibility index (Phi) is 4.16. The maximum Gasteiger partial charge on any atom is 0.343 e. The Morgan fingerprint density at radius 3 is 2.73 bits per heavy atom. The number of benzene rings is 1. The molecule has 10 heteroatoms. The molecule has 0 fully saturated rings. The monoisotopic (exact) mass is 378 g/mol. The van der Waals surface area contributed by atoms with Crippen LogP contribution in [0.5, 0.6) is 5.95 Å². The number of methoxy groups -OCH3 is 1. The van der Waals surface area contributed by atoms with Crippen LogP contribution in [0.15, 0.2) is 31.8 Å². The van der Waals surface area contributed by atoms with Gasteiger partial charge in [0.15, 0.2) is 0 Å². The number of aryl methyl sites for hydroxylation is 1. The maximum absolute atomic E-state index is 12.1. The number of oxazole rings is 1. The highest BCUT2D eigenvalue weighted by molar-refractivity contribution is 7.86. The molecule has 2 aliphatic rings. The minimum atomic E-state index is -4.46. The van der Waals surface area contributed by atoms with Crippen LogP contribution in [0.1, 0.15) is 24.0 Å². The fourth-order valence-electron chi connectivity index (χ4n) is 3.66. The van der Waals surface area contributed by atoms with E-state index >= 15 is 0 Å². The summed E-state index contributed by atoms with van der Waals surface area (Å²) < 4.78 is 44.0. The van der Waals surface area contributed by atoms with Gasteiger partial charge in [0.05, 0.1) is 7.11 Å². The molecule has 0 unspecified atom stereocenters. The summed E-state index contributed by atoms with van der Waals surface area (Å²) in [6.45, 7) is 1.78. The van der Waals surface area contributed by atoms with Crippen LogP contribution in [0.2, 0.25) is 0 Å². The van der Waals surface area contributed by atoms with E-state index in [1.807, 2.05) is 0 Å². The van der Waals surface area contributed by atoms with Crippen molar-refractivity contribution in [2.75, 3.05) is 25.1 Å². The number of aromatic nitrogens is 1. The van der Waals surface area contributed by atoms with Gasteiger partial charge in [-0.1, -0.05) is 5.11 Å². The number of hydrogen-bond donors (Lipinski definition) is 1. The Morgan fingerprint density at radius 1 is 1.27 bits per heavy atom. The van der Waals surface area contributed by atoms with Crippen LogP contribution in [-0.2, 0) is 23.0 Å². The van der Waals surface area contributed by atoms with Crippen LogP contribution in [0.4, 0.5) is 17.4 Å². The molecule has 1 aromatic carbocycles. The normalized spacial score (nSPS) is 16.8. The lowest BCUT2D eigenvalue weighted by Crippen LogP contribution is -2.35. The molecular weight excluding hydrogens is 360 g/mol. The van der Waals surface area contributed by atoms with Gasteiger partial charge in [-0.25, -0.2) is 0 Å². The molecule has 0 spiro atoms. The average molecular weight is 378 g/mol. The van der Waals surface area contributed by atoms with Crippen LogP contribution in [0, 0.1) is 0 Å². The van der Waals surface area contributed by atoms with Crippen LogP contribution < -0.4 is 9.64 Å². The summed E-state index contributed by atoms with van der Waals surface area (Å²) in [5.41, 5.74) is 2.67. The second-order valence-electron chi connectivity index (χ2n) is 6.25. The van der Waals surface area contributed by atoms with Crippen LogP contribution in [-0.4, -0.2) is 38.2 Å². The van der Waals surface area contributed by atoms with Gasteiger partial charge in [-0.05, 0) is 42.9 Å². The SMILES string of the molecule is COc1cnc(N=Nc2cc3c4c(c2S(=O)(=O)O)CCCN4CCC3)o1. The first-order chi connectivity index (χ1) is 12.5. The lowest BCUT2D eigenvalue weighted by Gasteiger charge is -2.37. The number of ether oxygens (including phenoxy) is 1. The maximum atomic E-state index is 12.1. The quantitative estimate of drug-likeness (QED) is 0.641. The van der Waals surface area contributed by atoms with Crippen molar-refractivity contribution in [1.82, 2.24) is 4.98 Å². The van der Waals surface area contributed by atoms with Crippen LogP contribution in [0.25, 0.3) is 0 Å². The molecule has 4 rings (SSSR count). The van der Waals surface area contributed by atoms with Crippen molar-refractivity contribution < 1.29 is 22.1 Å². The van der Waals surface area contributed by atoms with Gasteiger partial charge in [0, 0.05) is 18.8 Å². The molecule has 0 bridgehead atoms. The van der Waals surface area contributed by atoms with Gasteiger partial charge < -0.3 is 14.1 Å². The molecule has 2 aliphatic heterocycles. The van der Waals surface area contributed by atoms with E-state index in [-0.39, 0.29) is 22.5 Å². The second-order valence-corrected chi connectivity index (χ2v) is 7.60. The Hall–Kier alpha value is -2.46. The molecule has 9 nitrogen and oxygen atoms in total. The molecule has 3 heterocycles. The Bertz CT molecular complexity index is 981. The average Bonchev–Trinajstić information content (AvgIpc) is 3.07. The topological polar surface area (TPSA) is 118 Å². The third-order valence-corrected chi connectivity index (χ3v) is 5.60. The van der Waals surface area contributed by atoms with Crippen molar-refractivity contribution in [3.05, 3.63) is 23.4 Å². The van der Waals surface area contributed by atoms with Gasteiger partial charge in [-0.3, -0.25) is 4.55 Å². The van der Waals surface area contributed by atoms with Crippen LogP contribution in [0.3, 0.4) is 0 Å². The molecule has 0 aliphatic carbocycles. The smallest absolute Gasteiger partial charge is 0.343 e. The first kappa shape index (κ1) is 17.0. The molecule has 138 valence electrons. The largest absolute Gasteiger partial charge is 0.467 e. The third kappa shape index (κ3) is 2.95. The zero-order chi connectivity index (χ0) is 18.3. The van der Waals surface area contributed by atoms with E-state index in [0.29, 0.717) is 12.0 Å². The van der Waals surface area contributed by atoms with Crippen molar-refractivity contribution in [3.63, 3.8) is 0 Å². The molecule has 2 aromatic rings. The van der Waals surface area contributed by atoms with Gasteiger partial charge in [0.2, 0.25) is 0 Å². The molecule has 0 atom stereocenters. The van der Waals surface area contributed by atoms with Gasteiger partial charge in [-0.15, -0.1) is 5.11 Å². The van der Waals surface area contributed by atoms with E-state index in [4.69, 9.17) is 9.15 Å². The molecular formula is C16H18N4O5S. The summed E-state index contributed by atoms with van der Waals surface area (Å²) in [6.07, 6.45) is 4.56. The van der Waals surface area contributed by atoms with E-state index in [1.54, 1.807) is 6.07 Å². The predicted octanol–water partition coefficient (Wildman–Crippen LogP) is 3.04. The number of hydrogen-bond acceptors (Lipinski definition) is 8. The minimum absolute atomic E-state index is 0.0591. The van der Waals surface area contributed by atoms with Crippen molar-refractivity contribution in [1.29, 1.82) is 0 Å². The molecule has 26 heavy (non-hydrogen) atoms. The molecule has 0 amide bonds. The fourth-order valence-corrected chi connectivity index (χ4v) is 4.54. The first-order valence-electron chi connectivity index (χ1n) is 8.30. The van der Waals surface area contributed by atoms with Gasteiger partial charge in [-0.2, -0.15) is 13.4 Å². The molecule has 1 N–H and O–H groups in total. The number of anilines is 1. The highest BCUT2D eigenvalue weighted by Gasteiger charge is 2.32. The summed E-state index contributed by atoms with van der Waals surface area (Å²) in [5.74, 6) is 0.171. The van der Waals surface area contributed by atoms with Crippen molar-refractivity contribution in [2.24, 2.45) is 10.2 Å². The van der Waals surface area contributed by atoms with E-state index in [0.717, 1.165) is 43.6 Å². The zero-order valence-corrected chi connectivity index (χ0v) is 15.0. The van der Waals surface area contributed by atoms with Gasteiger partial charge in [0.25, 0.3) is 10.1 Å². The van der Waals surface area contributed by atoms with Gasteiger partial charge >= 0.3 is 12.0 Å². The fraction of sp³-hybridized carbons (Fsp3) is 0.438.